The second-order valence-electron chi connectivity index (χ2n) is 4.31. The van der Waals surface area contributed by atoms with Crippen LogP contribution >= 0.6 is 0 Å². The lowest BCUT2D eigenvalue weighted by molar-refractivity contribution is 0.0925. The van der Waals surface area contributed by atoms with Gasteiger partial charge in [0, 0.05) is 12.1 Å². The number of benzene rings is 1. The van der Waals surface area contributed by atoms with Crippen molar-refractivity contribution in [3.63, 3.8) is 0 Å². The van der Waals surface area contributed by atoms with Crippen LogP contribution in [0.4, 0.5) is 4.39 Å². The van der Waals surface area contributed by atoms with Gasteiger partial charge < -0.3 is 10.4 Å². The van der Waals surface area contributed by atoms with Crippen LogP contribution in [0.5, 0.6) is 5.75 Å². The summed E-state index contributed by atoms with van der Waals surface area (Å²) in [7, 11) is 0. The number of hydrogen-bond acceptors (Lipinski definition) is 2. The molecule has 0 aliphatic heterocycles. The molecule has 4 heteroatoms. The molecule has 0 aromatic heterocycles. The Morgan fingerprint density at radius 1 is 1.47 bits per heavy atom. The van der Waals surface area contributed by atoms with Crippen molar-refractivity contribution in [1.29, 1.82) is 0 Å². The number of carbonyl (C=O) groups is 1. The lowest BCUT2D eigenvalue weighted by Crippen LogP contribution is -2.36. The number of nitrogens with one attached hydrogen (secondary N) is 1. The van der Waals surface area contributed by atoms with Gasteiger partial charge in [0.15, 0.2) is 0 Å². The molecule has 0 saturated heterocycles. The first-order chi connectivity index (χ1) is 7.95. The minimum Gasteiger partial charge on any atom is -0.507 e. The van der Waals surface area contributed by atoms with Crippen LogP contribution in [0.3, 0.4) is 0 Å². The van der Waals surface area contributed by atoms with Gasteiger partial charge >= 0.3 is 0 Å². The molecule has 0 heterocycles. The Kier molecular flexibility index (Phi) is 4.49. The van der Waals surface area contributed by atoms with Crippen molar-refractivity contribution < 1.29 is 14.3 Å². The Hall–Kier alpha value is -1.58. The fourth-order valence-corrected chi connectivity index (χ4v) is 1.48. The highest BCUT2D eigenvalue weighted by Gasteiger charge is 2.17. The molecular weight excluding hydrogens is 221 g/mol. The summed E-state index contributed by atoms with van der Waals surface area (Å²) in [5, 5.41) is 12.3. The predicted molar refractivity (Wildman–Crippen MR) is 64.4 cm³/mol. The topological polar surface area (TPSA) is 49.3 Å². The molecule has 94 valence electrons. The first-order valence-corrected chi connectivity index (χ1v) is 5.75. The Labute approximate surface area is 101 Å². The van der Waals surface area contributed by atoms with Gasteiger partial charge in [-0.25, -0.2) is 4.39 Å². The molecule has 1 aromatic carbocycles. The van der Waals surface area contributed by atoms with Gasteiger partial charge in [-0.2, -0.15) is 0 Å². The normalized spacial score (nSPS) is 14.1. The van der Waals surface area contributed by atoms with E-state index in [2.05, 4.69) is 5.32 Å². The highest BCUT2D eigenvalue weighted by Crippen LogP contribution is 2.18. The van der Waals surface area contributed by atoms with E-state index < -0.39 is 5.82 Å². The molecule has 1 amide bonds. The van der Waals surface area contributed by atoms with Crippen LogP contribution in [0.25, 0.3) is 0 Å². The molecule has 0 bridgehead atoms. The van der Waals surface area contributed by atoms with Crippen molar-refractivity contribution in [2.45, 2.75) is 33.2 Å². The van der Waals surface area contributed by atoms with E-state index in [0.717, 1.165) is 18.6 Å². The monoisotopic (exact) mass is 239 g/mol. The summed E-state index contributed by atoms with van der Waals surface area (Å²) in [6, 6.07) is 3.38. The van der Waals surface area contributed by atoms with Crippen molar-refractivity contribution in [2.75, 3.05) is 0 Å². The maximum Gasteiger partial charge on any atom is 0.255 e. The van der Waals surface area contributed by atoms with Crippen LogP contribution in [-0.2, 0) is 0 Å². The fourth-order valence-electron chi connectivity index (χ4n) is 1.48. The predicted octanol–water partition coefficient (Wildman–Crippen LogP) is 2.70. The smallest absolute Gasteiger partial charge is 0.255 e. The lowest BCUT2D eigenvalue weighted by Gasteiger charge is -2.20. The Morgan fingerprint density at radius 2 is 2.12 bits per heavy atom. The molecule has 2 unspecified atom stereocenters. The highest BCUT2D eigenvalue weighted by molar-refractivity contribution is 5.96. The second kappa shape index (κ2) is 5.66. The number of aromatic hydroxyl groups is 1. The van der Waals surface area contributed by atoms with Crippen LogP contribution < -0.4 is 5.32 Å². The van der Waals surface area contributed by atoms with Gasteiger partial charge in [0.05, 0.1) is 5.56 Å². The molecular formula is C13H18FNO2. The molecule has 1 rings (SSSR count). The number of phenols is 1. The Balaban J connectivity index is 2.76. The molecule has 3 nitrogen and oxygen atoms in total. The summed E-state index contributed by atoms with van der Waals surface area (Å²) in [6.45, 7) is 5.99. The molecule has 0 aliphatic carbocycles. The molecule has 0 fully saturated rings. The third-order valence-corrected chi connectivity index (χ3v) is 3.06. The van der Waals surface area contributed by atoms with E-state index in [0.29, 0.717) is 5.92 Å². The molecule has 0 spiro atoms. The maximum atomic E-state index is 12.8. The van der Waals surface area contributed by atoms with Gasteiger partial charge in [-0.3, -0.25) is 4.79 Å². The molecule has 2 atom stereocenters. The van der Waals surface area contributed by atoms with Crippen molar-refractivity contribution >= 4 is 5.91 Å². The van der Waals surface area contributed by atoms with E-state index in [4.69, 9.17) is 0 Å². The standard InChI is InChI=1S/C13H18FNO2/c1-4-8(2)9(3)15-13(17)11-6-5-10(14)7-12(11)16/h5-9,16H,4H2,1-3H3,(H,15,17). The van der Waals surface area contributed by atoms with Crippen LogP contribution in [-0.4, -0.2) is 17.1 Å². The molecule has 0 radical (unpaired) electrons. The third kappa shape index (κ3) is 3.44. The number of rotatable bonds is 4. The van der Waals surface area contributed by atoms with E-state index in [-0.39, 0.29) is 23.3 Å². The zero-order valence-electron chi connectivity index (χ0n) is 10.3. The summed E-state index contributed by atoms with van der Waals surface area (Å²) in [5.74, 6) is -0.926. The summed E-state index contributed by atoms with van der Waals surface area (Å²) >= 11 is 0. The average molecular weight is 239 g/mol. The largest absolute Gasteiger partial charge is 0.507 e. The van der Waals surface area contributed by atoms with Gasteiger partial charge in [0.1, 0.15) is 11.6 Å². The fraction of sp³-hybridized carbons (Fsp3) is 0.462. The van der Waals surface area contributed by atoms with Gasteiger partial charge in [-0.1, -0.05) is 20.3 Å². The molecule has 0 saturated carbocycles. The number of amides is 1. The number of phenolic OH excluding ortho intramolecular Hbond substituents is 1. The van der Waals surface area contributed by atoms with Crippen LogP contribution in [0.2, 0.25) is 0 Å². The average Bonchev–Trinajstić information content (AvgIpc) is 2.27. The lowest BCUT2D eigenvalue weighted by atomic mass is 10.0. The Bertz CT molecular complexity index is 406. The van der Waals surface area contributed by atoms with E-state index in [9.17, 15) is 14.3 Å². The van der Waals surface area contributed by atoms with E-state index in [1.807, 2.05) is 20.8 Å². The molecule has 0 aliphatic rings. The Morgan fingerprint density at radius 3 is 2.65 bits per heavy atom. The van der Waals surface area contributed by atoms with E-state index in [1.54, 1.807) is 0 Å². The van der Waals surface area contributed by atoms with Crippen molar-refractivity contribution in [1.82, 2.24) is 5.32 Å². The minimum atomic E-state index is -0.561. The van der Waals surface area contributed by atoms with E-state index in [1.165, 1.54) is 6.07 Å². The molecule has 2 N–H and O–H groups in total. The van der Waals surface area contributed by atoms with Crippen molar-refractivity contribution in [2.24, 2.45) is 5.92 Å². The van der Waals surface area contributed by atoms with Gasteiger partial charge in [0.2, 0.25) is 0 Å². The number of hydrogen-bond donors (Lipinski definition) is 2. The van der Waals surface area contributed by atoms with Crippen LogP contribution in [0.1, 0.15) is 37.6 Å². The number of carbonyl (C=O) groups excluding carboxylic acids is 1. The summed E-state index contributed by atoms with van der Waals surface area (Å²) in [6.07, 6.45) is 0.955. The van der Waals surface area contributed by atoms with E-state index >= 15 is 0 Å². The van der Waals surface area contributed by atoms with Gasteiger partial charge in [-0.05, 0) is 25.0 Å². The summed E-state index contributed by atoms with van der Waals surface area (Å²) < 4.78 is 12.8. The summed E-state index contributed by atoms with van der Waals surface area (Å²) in [4.78, 5) is 11.8. The van der Waals surface area contributed by atoms with Gasteiger partial charge in [0.25, 0.3) is 5.91 Å². The SMILES string of the molecule is CCC(C)C(C)NC(=O)c1ccc(F)cc1O. The van der Waals surface area contributed by atoms with Gasteiger partial charge in [-0.15, -0.1) is 0 Å². The second-order valence-corrected chi connectivity index (χ2v) is 4.31. The van der Waals surface area contributed by atoms with Crippen molar-refractivity contribution in [3.05, 3.63) is 29.6 Å². The summed E-state index contributed by atoms with van der Waals surface area (Å²) in [5.41, 5.74) is 0.0987. The zero-order valence-corrected chi connectivity index (χ0v) is 10.3. The first kappa shape index (κ1) is 13.5. The minimum absolute atomic E-state index is 0.0111. The van der Waals surface area contributed by atoms with Crippen molar-refractivity contribution in [3.8, 4) is 5.75 Å². The first-order valence-electron chi connectivity index (χ1n) is 5.75. The van der Waals surface area contributed by atoms with Crippen LogP contribution in [0, 0.1) is 11.7 Å². The third-order valence-electron chi connectivity index (χ3n) is 3.06. The molecule has 17 heavy (non-hydrogen) atoms. The quantitative estimate of drug-likeness (QED) is 0.848. The highest BCUT2D eigenvalue weighted by atomic mass is 19.1. The maximum absolute atomic E-state index is 12.8. The zero-order chi connectivity index (χ0) is 13.0. The van der Waals surface area contributed by atoms with Crippen LogP contribution in [0.15, 0.2) is 18.2 Å². The number of halogens is 1. The molecule has 1 aromatic rings.